The molecule has 20 heavy (non-hydrogen) atoms. The van der Waals surface area contributed by atoms with Crippen LogP contribution in [0.25, 0.3) is 5.69 Å². The smallest absolute Gasteiger partial charge is 0.336 e. The molecule has 0 radical (unpaired) electrons. The lowest BCUT2D eigenvalue weighted by Gasteiger charge is -2.08. The molecule has 106 valence electrons. The summed E-state index contributed by atoms with van der Waals surface area (Å²) < 4.78 is 15.7. The average Bonchev–Trinajstić information content (AvgIpc) is 2.84. The Hall–Kier alpha value is -1.76. The molecule has 0 spiro atoms. The van der Waals surface area contributed by atoms with Crippen molar-refractivity contribution in [3.63, 3.8) is 0 Å². The zero-order valence-electron chi connectivity index (χ0n) is 11.0. The molecule has 5 nitrogen and oxygen atoms in total. The van der Waals surface area contributed by atoms with Crippen molar-refractivity contribution in [2.24, 2.45) is 0 Å². The van der Waals surface area contributed by atoms with Gasteiger partial charge in [0.2, 0.25) is 0 Å². The van der Waals surface area contributed by atoms with Crippen LogP contribution < -0.4 is 0 Å². The van der Waals surface area contributed by atoms with Gasteiger partial charge in [-0.3, -0.25) is 0 Å². The number of aryl methyl sites for hydroxylation is 2. The van der Waals surface area contributed by atoms with Crippen LogP contribution in [0.1, 0.15) is 35.9 Å². The minimum absolute atomic E-state index is 0.0851. The Kier molecular flexibility index (Phi) is 4.17. The molecule has 0 aliphatic carbocycles. The zero-order chi connectivity index (χ0) is 14.9. The summed E-state index contributed by atoms with van der Waals surface area (Å²) in [6, 6.07) is 2.74. The number of carboxylic acids is 1. The molecule has 1 aromatic carbocycles. The molecule has 2 rings (SSSR count). The predicted octanol–water partition coefficient (Wildman–Crippen LogP) is 2.99. The lowest BCUT2D eigenvalue weighted by Crippen LogP contribution is -2.08. The van der Waals surface area contributed by atoms with Crippen molar-refractivity contribution < 1.29 is 14.3 Å². The van der Waals surface area contributed by atoms with Crippen molar-refractivity contribution in [3.8, 4) is 5.69 Å². The maximum Gasteiger partial charge on any atom is 0.336 e. The summed E-state index contributed by atoms with van der Waals surface area (Å²) in [5, 5.41) is 13.2. The first kappa shape index (κ1) is 14.6. The van der Waals surface area contributed by atoms with E-state index in [-0.39, 0.29) is 15.7 Å². The second-order valence-electron chi connectivity index (χ2n) is 4.13. The molecule has 1 aromatic heterocycles. The summed E-state index contributed by atoms with van der Waals surface area (Å²) in [5.41, 5.74) is 0.0612. The highest BCUT2D eigenvalue weighted by Gasteiger charge is 2.19. The molecule has 0 saturated heterocycles. The average molecular weight is 342 g/mol. The van der Waals surface area contributed by atoms with Crippen molar-refractivity contribution in [1.29, 1.82) is 0 Å². The molecule has 0 atom stereocenters. The van der Waals surface area contributed by atoms with E-state index in [0.717, 1.165) is 0 Å². The van der Waals surface area contributed by atoms with Crippen molar-refractivity contribution in [2.75, 3.05) is 0 Å². The third-order valence-corrected chi connectivity index (χ3v) is 3.65. The van der Waals surface area contributed by atoms with Gasteiger partial charge in [0.15, 0.2) is 11.6 Å². The van der Waals surface area contributed by atoms with Gasteiger partial charge in [-0.05, 0) is 28.1 Å². The monoisotopic (exact) mass is 341 g/mol. The van der Waals surface area contributed by atoms with E-state index in [4.69, 9.17) is 5.11 Å². The lowest BCUT2D eigenvalue weighted by molar-refractivity contribution is 0.0695. The zero-order valence-corrected chi connectivity index (χ0v) is 12.6. The summed E-state index contributed by atoms with van der Waals surface area (Å²) in [6.07, 6.45) is 1.25. The lowest BCUT2D eigenvalue weighted by atomic mass is 10.2. The number of carboxylic acid groups (broad SMARTS) is 1. The Balaban J connectivity index is 2.62. The fourth-order valence-corrected chi connectivity index (χ4v) is 2.34. The highest BCUT2D eigenvalue weighted by Crippen LogP contribution is 2.26. The SMILES string of the molecule is CCc1nc(CC)n(-c2ccc(C(=O)O)c(Br)c2F)n1. The van der Waals surface area contributed by atoms with Gasteiger partial charge in [0.25, 0.3) is 0 Å². The van der Waals surface area contributed by atoms with Gasteiger partial charge in [-0.1, -0.05) is 13.8 Å². The van der Waals surface area contributed by atoms with Crippen LogP contribution in [-0.2, 0) is 12.8 Å². The van der Waals surface area contributed by atoms with Crippen LogP contribution in [0.3, 0.4) is 0 Å². The molecule has 0 fully saturated rings. The summed E-state index contributed by atoms with van der Waals surface area (Å²) in [7, 11) is 0. The van der Waals surface area contributed by atoms with Crippen LogP contribution in [0, 0.1) is 5.82 Å². The van der Waals surface area contributed by atoms with Crippen LogP contribution in [0.15, 0.2) is 16.6 Å². The number of rotatable bonds is 4. The van der Waals surface area contributed by atoms with E-state index < -0.39 is 11.8 Å². The summed E-state index contributed by atoms with van der Waals surface area (Å²) in [4.78, 5) is 15.3. The molecule has 0 saturated carbocycles. The number of nitrogens with zero attached hydrogens (tertiary/aromatic N) is 3. The third-order valence-electron chi connectivity index (χ3n) is 2.87. The Morgan fingerprint density at radius 1 is 1.40 bits per heavy atom. The number of hydrogen-bond acceptors (Lipinski definition) is 3. The third kappa shape index (κ3) is 2.45. The molecule has 0 aliphatic heterocycles. The molecule has 0 amide bonds. The molecular formula is C13H13BrFN3O2. The van der Waals surface area contributed by atoms with Gasteiger partial charge in [0.1, 0.15) is 11.5 Å². The molecule has 0 unspecified atom stereocenters. The van der Waals surface area contributed by atoms with E-state index in [2.05, 4.69) is 26.0 Å². The van der Waals surface area contributed by atoms with Gasteiger partial charge >= 0.3 is 5.97 Å². The first-order valence-electron chi connectivity index (χ1n) is 6.16. The number of hydrogen-bond donors (Lipinski definition) is 1. The van der Waals surface area contributed by atoms with Gasteiger partial charge < -0.3 is 5.11 Å². The van der Waals surface area contributed by atoms with E-state index in [0.29, 0.717) is 24.5 Å². The number of benzene rings is 1. The molecule has 1 N–H and O–H groups in total. The largest absolute Gasteiger partial charge is 0.478 e. The van der Waals surface area contributed by atoms with Crippen molar-refractivity contribution in [1.82, 2.24) is 14.8 Å². The van der Waals surface area contributed by atoms with Crippen LogP contribution >= 0.6 is 15.9 Å². The highest BCUT2D eigenvalue weighted by molar-refractivity contribution is 9.10. The molecule has 0 bridgehead atoms. The van der Waals surface area contributed by atoms with Crippen LogP contribution in [-0.4, -0.2) is 25.8 Å². The van der Waals surface area contributed by atoms with Crippen molar-refractivity contribution in [3.05, 3.63) is 39.6 Å². The Morgan fingerprint density at radius 2 is 2.10 bits per heavy atom. The number of halogens is 2. The number of carbonyl (C=O) groups is 1. The second-order valence-corrected chi connectivity index (χ2v) is 4.92. The quantitative estimate of drug-likeness (QED) is 0.928. The Morgan fingerprint density at radius 3 is 2.65 bits per heavy atom. The van der Waals surface area contributed by atoms with E-state index in [1.165, 1.54) is 16.8 Å². The molecule has 1 heterocycles. The number of aromatic carboxylic acids is 1. The minimum Gasteiger partial charge on any atom is -0.478 e. The van der Waals surface area contributed by atoms with E-state index >= 15 is 0 Å². The summed E-state index contributed by atoms with van der Waals surface area (Å²) in [6.45, 7) is 3.82. The summed E-state index contributed by atoms with van der Waals surface area (Å²) >= 11 is 2.98. The van der Waals surface area contributed by atoms with Gasteiger partial charge in [-0.25, -0.2) is 18.9 Å². The normalized spacial score (nSPS) is 10.8. The maximum atomic E-state index is 14.3. The van der Waals surface area contributed by atoms with Gasteiger partial charge in [-0.2, -0.15) is 5.10 Å². The molecule has 0 aliphatic rings. The minimum atomic E-state index is -1.19. The van der Waals surface area contributed by atoms with Crippen molar-refractivity contribution in [2.45, 2.75) is 26.7 Å². The standard InChI is InChI=1S/C13H13BrFN3O2/c1-3-9-16-10(4-2)18(17-9)8-6-5-7(13(19)20)11(14)12(8)15/h5-6H,3-4H2,1-2H3,(H,19,20). The van der Waals surface area contributed by atoms with Crippen LogP contribution in [0.2, 0.25) is 0 Å². The second kappa shape index (κ2) is 5.70. The van der Waals surface area contributed by atoms with E-state index in [9.17, 15) is 9.18 Å². The van der Waals surface area contributed by atoms with E-state index in [1.54, 1.807) is 0 Å². The van der Waals surface area contributed by atoms with E-state index in [1.807, 2.05) is 13.8 Å². The van der Waals surface area contributed by atoms with Crippen LogP contribution in [0.4, 0.5) is 4.39 Å². The number of aromatic nitrogens is 3. The Bertz CT molecular complexity index is 670. The van der Waals surface area contributed by atoms with Gasteiger partial charge in [-0.15, -0.1) is 0 Å². The van der Waals surface area contributed by atoms with Crippen molar-refractivity contribution >= 4 is 21.9 Å². The maximum absolute atomic E-state index is 14.3. The highest BCUT2D eigenvalue weighted by atomic mass is 79.9. The molecule has 7 heteroatoms. The molecular weight excluding hydrogens is 329 g/mol. The predicted molar refractivity (Wildman–Crippen MR) is 74.7 cm³/mol. The first-order valence-corrected chi connectivity index (χ1v) is 6.95. The van der Waals surface area contributed by atoms with Crippen LogP contribution in [0.5, 0.6) is 0 Å². The topological polar surface area (TPSA) is 68.0 Å². The fraction of sp³-hybridized carbons (Fsp3) is 0.308. The molecule has 2 aromatic rings. The van der Waals surface area contributed by atoms with Gasteiger partial charge in [0.05, 0.1) is 10.0 Å². The fourth-order valence-electron chi connectivity index (χ4n) is 1.83. The van der Waals surface area contributed by atoms with Gasteiger partial charge in [0, 0.05) is 12.8 Å². The first-order chi connectivity index (χ1) is 9.49. The summed E-state index contributed by atoms with van der Waals surface area (Å²) in [5.74, 6) is -0.589. The Labute approximate surface area is 123 Å².